The minimum Gasteiger partial charge on any atom is -0.465 e. The van der Waals surface area contributed by atoms with Crippen molar-refractivity contribution in [2.75, 3.05) is 12.8 Å². The maximum absolute atomic E-state index is 12.7. The van der Waals surface area contributed by atoms with Crippen LogP contribution in [0.4, 0.5) is 18.9 Å². The van der Waals surface area contributed by atoms with Crippen LogP contribution in [0.25, 0.3) is 0 Å². The molecule has 2 N–H and O–H groups in total. The molecule has 4 nitrogen and oxygen atoms in total. The normalized spacial score (nSPS) is 12.3. The zero-order valence-electron chi connectivity index (χ0n) is 8.82. The van der Waals surface area contributed by atoms with Gasteiger partial charge in [0.15, 0.2) is 0 Å². The molecule has 0 amide bonds. The van der Waals surface area contributed by atoms with E-state index in [-0.39, 0.29) is 17.0 Å². The summed E-state index contributed by atoms with van der Waals surface area (Å²) in [5.74, 6) is -1.04. The summed E-state index contributed by atoms with van der Waals surface area (Å²) in [7, 11) is 1.15. The standard InChI is InChI=1S/C10H10F3NO3/c1-16-10(15)5-2-3-6(14)7(4-5)17-9(13)8(11)12/h2-4,8-9H,14H2,1H3. The SMILES string of the molecule is COC(=O)c1ccc(N)c(OC(F)C(F)F)c1. The molecular formula is C10H10F3NO3. The van der Waals surface area contributed by atoms with Gasteiger partial charge in [-0.2, -0.15) is 4.39 Å². The maximum atomic E-state index is 12.7. The Morgan fingerprint density at radius 1 is 1.35 bits per heavy atom. The van der Waals surface area contributed by atoms with E-state index >= 15 is 0 Å². The Hall–Kier alpha value is -1.92. The number of methoxy groups -OCH3 is 1. The van der Waals surface area contributed by atoms with Gasteiger partial charge < -0.3 is 15.2 Å². The lowest BCUT2D eigenvalue weighted by Gasteiger charge is -2.13. The fourth-order valence-corrected chi connectivity index (χ4v) is 1.05. The van der Waals surface area contributed by atoms with Crippen molar-refractivity contribution in [2.45, 2.75) is 12.8 Å². The van der Waals surface area contributed by atoms with Crippen LogP contribution >= 0.6 is 0 Å². The smallest absolute Gasteiger partial charge is 0.337 e. The van der Waals surface area contributed by atoms with Crippen molar-refractivity contribution in [1.82, 2.24) is 0 Å². The number of carbonyl (C=O) groups is 1. The molecule has 0 radical (unpaired) electrons. The third kappa shape index (κ3) is 3.27. The van der Waals surface area contributed by atoms with Crippen molar-refractivity contribution in [2.24, 2.45) is 0 Å². The number of esters is 1. The Morgan fingerprint density at radius 3 is 2.53 bits per heavy atom. The molecule has 0 aliphatic rings. The van der Waals surface area contributed by atoms with Gasteiger partial charge in [0.2, 0.25) is 0 Å². The van der Waals surface area contributed by atoms with E-state index in [1.165, 1.54) is 12.1 Å². The van der Waals surface area contributed by atoms with E-state index in [1.807, 2.05) is 0 Å². The van der Waals surface area contributed by atoms with Crippen LogP contribution < -0.4 is 10.5 Å². The summed E-state index contributed by atoms with van der Waals surface area (Å²) in [6.45, 7) is 0. The highest BCUT2D eigenvalue weighted by Crippen LogP contribution is 2.25. The van der Waals surface area contributed by atoms with E-state index < -0.39 is 18.8 Å². The molecule has 17 heavy (non-hydrogen) atoms. The summed E-state index contributed by atoms with van der Waals surface area (Å²) in [6, 6.07) is 3.58. The minimum absolute atomic E-state index is 0.0261. The van der Waals surface area contributed by atoms with Gasteiger partial charge in [-0.1, -0.05) is 0 Å². The van der Waals surface area contributed by atoms with Gasteiger partial charge >= 0.3 is 12.4 Å². The Kier molecular flexibility index (Phi) is 4.19. The lowest BCUT2D eigenvalue weighted by atomic mass is 10.2. The molecule has 0 spiro atoms. The van der Waals surface area contributed by atoms with Gasteiger partial charge in [-0.15, -0.1) is 0 Å². The Bertz CT molecular complexity index is 412. The molecule has 0 heterocycles. The average molecular weight is 249 g/mol. The second-order valence-electron chi connectivity index (χ2n) is 3.05. The van der Waals surface area contributed by atoms with Gasteiger partial charge in [0.1, 0.15) is 5.75 Å². The molecule has 7 heteroatoms. The molecule has 1 unspecified atom stereocenters. The maximum Gasteiger partial charge on any atom is 0.337 e. The number of alkyl halides is 3. The monoisotopic (exact) mass is 249 g/mol. The number of halogens is 3. The number of hydrogen-bond acceptors (Lipinski definition) is 4. The first kappa shape index (κ1) is 13.1. The number of rotatable bonds is 4. The summed E-state index contributed by atoms with van der Waals surface area (Å²) >= 11 is 0. The van der Waals surface area contributed by atoms with Crippen LogP contribution in [0, 0.1) is 0 Å². The Balaban J connectivity index is 2.94. The number of nitrogen functional groups attached to an aromatic ring is 1. The summed E-state index contributed by atoms with van der Waals surface area (Å²) in [6.07, 6.45) is -6.10. The van der Waals surface area contributed by atoms with Gasteiger partial charge in [-0.25, -0.2) is 13.6 Å². The van der Waals surface area contributed by atoms with Crippen LogP contribution in [0.1, 0.15) is 10.4 Å². The second kappa shape index (κ2) is 5.42. The van der Waals surface area contributed by atoms with Crippen LogP contribution in [0.5, 0.6) is 5.75 Å². The average Bonchev–Trinajstić information content (AvgIpc) is 2.30. The zero-order chi connectivity index (χ0) is 13.0. The fraction of sp³-hybridized carbons (Fsp3) is 0.300. The molecule has 0 aromatic heterocycles. The number of carbonyl (C=O) groups excluding carboxylic acids is 1. The summed E-state index contributed by atoms with van der Waals surface area (Å²) < 4.78 is 45.2. The van der Waals surface area contributed by atoms with Crippen LogP contribution in [-0.4, -0.2) is 25.9 Å². The number of nitrogens with two attached hydrogens (primary N) is 1. The van der Waals surface area contributed by atoms with Crippen LogP contribution in [0.3, 0.4) is 0 Å². The molecular weight excluding hydrogens is 239 g/mol. The lowest BCUT2D eigenvalue weighted by molar-refractivity contribution is -0.0665. The first-order valence-electron chi connectivity index (χ1n) is 4.52. The first-order chi connectivity index (χ1) is 7.95. The van der Waals surface area contributed by atoms with Crippen molar-refractivity contribution in [3.05, 3.63) is 23.8 Å². The first-order valence-corrected chi connectivity index (χ1v) is 4.52. The zero-order valence-corrected chi connectivity index (χ0v) is 8.82. The Labute approximate surface area is 95.1 Å². The van der Waals surface area contributed by atoms with Crippen LogP contribution in [0.2, 0.25) is 0 Å². The molecule has 1 aromatic rings. The Morgan fingerprint density at radius 2 is 2.00 bits per heavy atom. The van der Waals surface area contributed by atoms with Gasteiger partial charge in [0.05, 0.1) is 18.4 Å². The highest BCUT2D eigenvalue weighted by molar-refractivity contribution is 5.90. The number of benzene rings is 1. The van der Waals surface area contributed by atoms with E-state index in [4.69, 9.17) is 5.73 Å². The van der Waals surface area contributed by atoms with Gasteiger partial charge in [-0.05, 0) is 18.2 Å². The van der Waals surface area contributed by atoms with E-state index in [0.717, 1.165) is 13.2 Å². The van der Waals surface area contributed by atoms with Gasteiger partial charge in [0.25, 0.3) is 6.36 Å². The third-order valence-electron chi connectivity index (χ3n) is 1.87. The highest BCUT2D eigenvalue weighted by Gasteiger charge is 2.22. The molecule has 0 aliphatic carbocycles. The molecule has 0 bridgehead atoms. The summed E-state index contributed by atoms with van der Waals surface area (Å²) in [4.78, 5) is 11.1. The molecule has 94 valence electrons. The van der Waals surface area contributed by atoms with Crippen molar-refractivity contribution in [1.29, 1.82) is 0 Å². The quantitative estimate of drug-likeness (QED) is 0.654. The largest absolute Gasteiger partial charge is 0.465 e. The van der Waals surface area contributed by atoms with Crippen molar-refractivity contribution >= 4 is 11.7 Å². The predicted molar refractivity (Wildman–Crippen MR) is 53.7 cm³/mol. The molecule has 1 rings (SSSR count). The van der Waals surface area contributed by atoms with E-state index in [0.29, 0.717) is 0 Å². The van der Waals surface area contributed by atoms with E-state index in [1.54, 1.807) is 0 Å². The third-order valence-corrected chi connectivity index (χ3v) is 1.87. The van der Waals surface area contributed by atoms with E-state index in [2.05, 4.69) is 9.47 Å². The van der Waals surface area contributed by atoms with Crippen LogP contribution in [0.15, 0.2) is 18.2 Å². The molecule has 0 saturated heterocycles. The fourth-order valence-electron chi connectivity index (χ4n) is 1.05. The number of ether oxygens (including phenoxy) is 2. The molecule has 0 saturated carbocycles. The summed E-state index contributed by atoms with van der Waals surface area (Å²) in [5, 5.41) is 0. The second-order valence-corrected chi connectivity index (χ2v) is 3.05. The van der Waals surface area contributed by atoms with E-state index in [9.17, 15) is 18.0 Å². The van der Waals surface area contributed by atoms with Crippen molar-refractivity contribution < 1.29 is 27.4 Å². The number of anilines is 1. The topological polar surface area (TPSA) is 61.5 Å². The predicted octanol–water partition coefficient (Wildman–Crippen LogP) is 1.99. The van der Waals surface area contributed by atoms with Gasteiger partial charge in [0, 0.05) is 0 Å². The molecule has 0 fully saturated rings. The lowest BCUT2D eigenvalue weighted by Crippen LogP contribution is -2.20. The van der Waals surface area contributed by atoms with Gasteiger partial charge in [-0.3, -0.25) is 0 Å². The molecule has 0 aliphatic heterocycles. The van der Waals surface area contributed by atoms with Crippen LogP contribution in [-0.2, 0) is 4.74 Å². The highest BCUT2D eigenvalue weighted by atomic mass is 19.3. The number of hydrogen-bond donors (Lipinski definition) is 1. The molecule has 1 atom stereocenters. The summed E-state index contributed by atoms with van der Waals surface area (Å²) in [5.41, 5.74) is 5.36. The molecule has 1 aromatic carbocycles. The minimum atomic E-state index is -3.30. The van der Waals surface area contributed by atoms with Crippen molar-refractivity contribution in [3.63, 3.8) is 0 Å². The van der Waals surface area contributed by atoms with Crippen molar-refractivity contribution in [3.8, 4) is 5.75 Å².